The van der Waals surface area contributed by atoms with Crippen LogP contribution in [0.15, 0.2) is 21.8 Å². The van der Waals surface area contributed by atoms with Crippen LogP contribution < -0.4 is 5.56 Å². The fraction of sp³-hybridized carbons (Fsp3) is 0.364. The zero-order valence-electron chi connectivity index (χ0n) is 9.27. The zero-order chi connectivity index (χ0) is 12.0. The summed E-state index contributed by atoms with van der Waals surface area (Å²) in [6.45, 7) is 1.81. The molecule has 2 heterocycles. The summed E-state index contributed by atoms with van der Waals surface area (Å²) < 4.78 is 2.56. The van der Waals surface area contributed by atoms with Crippen LogP contribution in [-0.2, 0) is 0 Å². The Morgan fingerprint density at radius 3 is 2.94 bits per heavy atom. The van der Waals surface area contributed by atoms with Crippen molar-refractivity contribution in [3.05, 3.63) is 33.0 Å². The molecular formula is C11H11BrN4O. The molecule has 1 fully saturated rings. The lowest BCUT2D eigenvalue weighted by atomic mass is 10.3. The van der Waals surface area contributed by atoms with Gasteiger partial charge in [0.05, 0.1) is 18.2 Å². The average molecular weight is 295 g/mol. The van der Waals surface area contributed by atoms with Gasteiger partial charge in [-0.05, 0) is 35.7 Å². The van der Waals surface area contributed by atoms with Crippen molar-refractivity contribution in [3.8, 4) is 11.5 Å². The van der Waals surface area contributed by atoms with Gasteiger partial charge in [-0.25, -0.2) is 9.97 Å². The third-order valence-electron chi connectivity index (χ3n) is 2.88. The van der Waals surface area contributed by atoms with Crippen LogP contribution in [0, 0.1) is 6.92 Å². The fourth-order valence-electron chi connectivity index (χ4n) is 1.82. The van der Waals surface area contributed by atoms with E-state index >= 15 is 0 Å². The van der Waals surface area contributed by atoms with Crippen molar-refractivity contribution in [3.63, 3.8) is 0 Å². The molecule has 0 aromatic carbocycles. The van der Waals surface area contributed by atoms with Crippen molar-refractivity contribution in [1.29, 1.82) is 0 Å². The molecule has 5 nitrogen and oxygen atoms in total. The van der Waals surface area contributed by atoms with Crippen molar-refractivity contribution >= 4 is 15.9 Å². The number of halogens is 1. The van der Waals surface area contributed by atoms with E-state index in [1.54, 1.807) is 19.4 Å². The summed E-state index contributed by atoms with van der Waals surface area (Å²) in [5, 5.41) is 0. The van der Waals surface area contributed by atoms with Crippen molar-refractivity contribution in [2.75, 3.05) is 0 Å². The summed E-state index contributed by atoms with van der Waals surface area (Å²) in [4.78, 5) is 23.0. The molecule has 88 valence electrons. The Balaban J connectivity index is 2.15. The normalized spacial score (nSPS) is 15.2. The van der Waals surface area contributed by atoms with Crippen LogP contribution >= 0.6 is 15.9 Å². The molecule has 1 aliphatic carbocycles. The third kappa shape index (κ3) is 1.82. The number of rotatable bonds is 2. The van der Waals surface area contributed by atoms with E-state index in [0.717, 1.165) is 5.69 Å². The van der Waals surface area contributed by atoms with Crippen LogP contribution in [0.2, 0.25) is 0 Å². The summed E-state index contributed by atoms with van der Waals surface area (Å²) in [6, 6.07) is 0.516. The average Bonchev–Trinajstić information content (AvgIpc) is 3.03. The highest BCUT2D eigenvalue weighted by molar-refractivity contribution is 9.10. The van der Waals surface area contributed by atoms with E-state index < -0.39 is 0 Å². The lowest BCUT2D eigenvalue weighted by Crippen LogP contribution is -2.13. The van der Waals surface area contributed by atoms with Gasteiger partial charge >= 0.3 is 0 Å². The molecule has 0 atom stereocenters. The van der Waals surface area contributed by atoms with E-state index in [1.165, 1.54) is 12.8 Å². The Hall–Kier alpha value is -1.43. The standard InChI is InChI=1S/C11H11BrN4O/c1-6-9(12)11(17)15-10(14-6)8-4-13-5-16(8)7-2-3-7/h4-5,7H,2-3H2,1H3,(H,14,15,17). The molecule has 1 saturated carbocycles. The number of aromatic nitrogens is 4. The van der Waals surface area contributed by atoms with Gasteiger partial charge in [0.15, 0.2) is 5.82 Å². The second-order valence-electron chi connectivity index (χ2n) is 4.23. The highest BCUT2D eigenvalue weighted by Crippen LogP contribution is 2.37. The Kier molecular flexibility index (Phi) is 2.39. The smallest absolute Gasteiger partial charge is 0.265 e. The van der Waals surface area contributed by atoms with Gasteiger partial charge in [0, 0.05) is 6.04 Å². The van der Waals surface area contributed by atoms with Gasteiger partial charge in [-0.3, -0.25) is 4.79 Å². The number of H-pyrrole nitrogens is 1. The molecule has 0 spiro atoms. The molecule has 0 saturated heterocycles. The Bertz CT molecular complexity index is 627. The first-order valence-corrected chi connectivity index (χ1v) is 6.24. The molecule has 6 heteroatoms. The fourth-order valence-corrected chi connectivity index (χ4v) is 2.01. The summed E-state index contributed by atoms with van der Waals surface area (Å²) in [5.74, 6) is 0.583. The second-order valence-corrected chi connectivity index (χ2v) is 5.02. The van der Waals surface area contributed by atoms with Gasteiger partial charge in [0.25, 0.3) is 5.56 Å². The maximum absolute atomic E-state index is 11.7. The van der Waals surface area contributed by atoms with Gasteiger partial charge in [0.1, 0.15) is 10.2 Å². The van der Waals surface area contributed by atoms with Crippen LogP contribution in [-0.4, -0.2) is 19.5 Å². The van der Waals surface area contributed by atoms with Gasteiger partial charge in [-0.1, -0.05) is 0 Å². The number of hydrogen-bond acceptors (Lipinski definition) is 3. The predicted octanol–water partition coefficient (Wildman–Crippen LogP) is 2.04. The van der Waals surface area contributed by atoms with Gasteiger partial charge in [0.2, 0.25) is 0 Å². The molecule has 2 aromatic rings. The van der Waals surface area contributed by atoms with Gasteiger partial charge in [-0.15, -0.1) is 0 Å². The van der Waals surface area contributed by atoms with E-state index in [1.807, 2.05) is 0 Å². The Labute approximate surface area is 106 Å². The molecule has 17 heavy (non-hydrogen) atoms. The van der Waals surface area contributed by atoms with Crippen molar-refractivity contribution in [2.24, 2.45) is 0 Å². The van der Waals surface area contributed by atoms with Crippen LogP contribution in [0.1, 0.15) is 24.6 Å². The summed E-state index contributed by atoms with van der Waals surface area (Å²) in [6.07, 6.45) is 5.88. The third-order valence-corrected chi connectivity index (χ3v) is 3.81. The molecule has 0 bridgehead atoms. The molecular weight excluding hydrogens is 284 g/mol. The van der Waals surface area contributed by atoms with E-state index in [2.05, 4.69) is 35.4 Å². The maximum Gasteiger partial charge on any atom is 0.265 e. The number of imidazole rings is 1. The monoisotopic (exact) mass is 294 g/mol. The number of hydrogen-bond donors (Lipinski definition) is 1. The van der Waals surface area contributed by atoms with E-state index in [4.69, 9.17) is 0 Å². The largest absolute Gasteiger partial charge is 0.325 e. The van der Waals surface area contributed by atoms with E-state index in [9.17, 15) is 4.79 Å². The lowest BCUT2D eigenvalue weighted by molar-refractivity contribution is 0.742. The topological polar surface area (TPSA) is 63.6 Å². The molecule has 3 rings (SSSR count). The predicted molar refractivity (Wildman–Crippen MR) is 66.8 cm³/mol. The van der Waals surface area contributed by atoms with E-state index in [-0.39, 0.29) is 5.56 Å². The number of aromatic amines is 1. The quantitative estimate of drug-likeness (QED) is 0.922. The van der Waals surface area contributed by atoms with Gasteiger partial charge < -0.3 is 9.55 Å². The highest BCUT2D eigenvalue weighted by atomic mass is 79.9. The minimum Gasteiger partial charge on any atom is -0.325 e. The van der Waals surface area contributed by atoms with Crippen LogP contribution in [0.25, 0.3) is 11.5 Å². The number of aryl methyl sites for hydroxylation is 1. The minimum absolute atomic E-state index is 0.156. The SMILES string of the molecule is Cc1nc(-c2cncn2C2CC2)[nH]c(=O)c1Br. The van der Waals surface area contributed by atoms with Crippen molar-refractivity contribution in [1.82, 2.24) is 19.5 Å². The van der Waals surface area contributed by atoms with Crippen molar-refractivity contribution < 1.29 is 0 Å². The van der Waals surface area contributed by atoms with E-state index in [0.29, 0.717) is 22.0 Å². The molecule has 0 amide bonds. The first kappa shape index (κ1) is 10.7. The first-order valence-electron chi connectivity index (χ1n) is 5.45. The Morgan fingerprint density at radius 1 is 1.53 bits per heavy atom. The van der Waals surface area contributed by atoms with Crippen LogP contribution in [0.5, 0.6) is 0 Å². The molecule has 1 aliphatic rings. The van der Waals surface area contributed by atoms with Crippen LogP contribution in [0.4, 0.5) is 0 Å². The molecule has 0 radical (unpaired) electrons. The summed E-state index contributed by atoms with van der Waals surface area (Å²) >= 11 is 3.21. The lowest BCUT2D eigenvalue weighted by Gasteiger charge is -2.06. The molecule has 0 unspecified atom stereocenters. The molecule has 2 aromatic heterocycles. The zero-order valence-corrected chi connectivity index (χ0v) is 10.9. The number of nitrogens with one attached hydrogen (secondary N) is 1. The Morgan fingerprint density at radius 2 is 2.29 bits per heavy atom. The van der Waals surface area contributed by atoms with Crippen molar-refractivity contribution in [2.45, 2.75) is 25.8 Å². The maximum atomic E-state index is 11.7. The first-order chi connectivity index (χ1) is 8.16. The minimum atomic E-state index is -0.156. The second kappa shape index (κ2) is 3.80. The summed E-state index contributed by atoms with van der Waals surface area (Å²) in [7, 11) is 0. The number of nitrogens with zero attached hydrogens (tertiary/aromatic N) is 3. The van der Waals surface area contributed by atoms with Gasteiger partial charge in [-0.2, -0.15) is 0 Å². The summed E-state index contributed by atoms with van der Waals surface area (Å²) in [5.41, 5.74) is 1.41. The molecule has 1 N–H and O–H groups in total. The highest BCUT2D eigenvalue weighted by Gasteiger charge is 2.26. The van der Waals surface area contributed by atoms with Crippen LogP contribution in [0.3, 0.4) is 0 Å². The molecule has 0 aliphatic heterocycles.